The van der Waals surface area contributed by atoms with Crippen LogP contribution in [0.4, 0.5) is 10.5 Å². The Morgan fingerprint density at radius 3 is 2.53 bits per heavy atom. The Morgan fingerprint density at radius 2 is 1.78 bits per heavy atom. The number of carbonyl (C=O) groups is 2. The van der Waals surface area contributed by atoms with Gasteiger partial charge in [0, 0.05) is 52.2 Å². The highest BCUT2D eigenvalue weighted by Crippen LogP contribution is 2.28. The Kier molecular flexibility index (Phi) is 7.14. The molecule has 0 atom stereocenters. The molecule has 0 unspecified atom stereocenters. The molecule has 1 N–H and O–H groups in total. The van der Waals surface area contributed by atoms with Crippen molar-refractivity contribution in [3.05, 3.63) is 59.7 Å². The van der Waals surface area contributed by atoms with E-state index in [4.69, 9.17) is 4.74 Å². The molecular weight excluding hydrogens is 404 g/mol. The number of hydrogen-bond acceptors (Lipinski definition) is 4. The number of nitrogens with one attached hydrogen (secondary N) is 1. The summed E-state index contributed by atoms with van der Waals surface area (Å²) in [4.78, 5) is 30.6. The molecule has 0 spiro atoms. The van der Waals surface area contributed by atoms with Crippen LogP contribution in [0, 0.1) is 0 Å². The molecule has 7 nitrogen and oxygen atoms in total. The van der Waals surface area contributed by atoms with Gasteiger partial charge < -0.3 is 24.8 Å². The largest absolute Gasteiger partial charge is 0.492 e. The van der Waals surface area contributed by atoms with Gasteiger partial charge in [-0.2, -0.15) is 0 Å². The van der Waals surface area contributed by atoms with Gasteiger partial charge in [0.05, 0.1) is 12.3 Å². The van der Waals surface area contributed by atoms with E-state index < -0.39 is 0 Å². The predicted molar refractivity (Wildman–Crippen MR) is 125 cm³/mol. The fourth-order valence-corrected chi connectivity index (χ4v) is 4.37. The van der Waals surface area contributed by atoms with Gasteiger partial charge in [-0.15, -0.1) is 0 Å². The maximum Gasteiger partial charge on any atom is 0.317 e. The number of ether oxygens (including phenoxy) is 1. The van der Waals surface area contributed by atoms with Gasteiger partial charge >= 0.3 is 6.03 Å². The molecule has 2 saturated heterocycles. The van der Waals surface area contributed by atoms with Crippen LogP contribution in [0.15, 0.2) is 48.5 Å². The van der Waals surface area contributed by atoms with Gasteiger partial charge in [0.2, 0.25) is 5.91 Å². The average Bonchev–Trinajstić information content (AvgIpc) is 3.22. The van der Waals surface area contributed by atoms with Crippen molar-refractivity contribution >= 4 is 17.6 Å². The number of amides is 3. The second kappa shape index (κ2) is 10.4. The van der Waals surface area contributed by atoms with E-state index in [-0.39, 0.29) is 11.9 Å². The molecule has 0 aliphatic carbocycles. The molecule has 170 valence electrons. The Hall–Kier alpha value is -3.22. The number of urea groups is 1. The smallest absolute Gasteiger partial charge is 0.317 e. The molecular formula is C25H32N4O3. The zero-order chi connectivity index (χ0) is 22.3. The Bertz CT molecular complexity index is 940. The van der Waals surface area contributed by atoms with E-state index in [1.54, 1.807) is 0 Å². The summed E-state index contributed by atoms with van der Waals surface area (Å²) in [5.41, 5.74) is 3.24. The summed E-state index contributed by atoms with van der Waals surface area (Å²) in [5, 5.41) is 3.05. The Balaban J connectivity index is 1.27. The molecule has 2 aliphatic rings. The second-order valence-corrected chi connectivity index (χ2v) is 8.27. The summed E-state index contributed by atoms with van der Waals surface area (Å²) in [5.74, 6) is 1.12. The molecule has 2 aromatic carbocycles. The number of benzene rings is 2. The highest BCUT2D eigenvalue weighted by molar-refractivity contribution is 5.78. The summed E-state index contributed by atoms with van der Waals surface area (Å²) in [6.07, 6.45) is 1.60. The first-order valence-electron chi connectivity index (χ1n) is 11.5. The maximum absolute atomic E-state index is 12.7. The third kappa shape index (κ3) is 5.33. The number of carbonyl (C=O) groups excluding carboxylic acids is 2. The average molecular weight is 437 g/mol. The minimum atomic E-state index is -0.0390. The molecule has 7 heteroatoms. The van der Waals surface area contributed by atoms with E-state index in [2.05, 4.69) is 22.3 Å². The summed E-state index contributed by atoms with van der Waals surface area (Å²) in [6.45, 7) is 7.47. The van der Waals surface area contributed by atoms with Crippen molar-refractivity contribution in [3.63, 3.8) is 0 Å². The standard InChI is InChI=1S/C25H32N4O3/c1-2-32-23-10-4-3-9-22(23)27-13-15-28(16-14-27)25(31)26-18-20-7-5-8-21(17-20)19-29-12-6-11-24(29)30/h3-5,7-10,17H,2,6,11-16,18-19H2,1H3,(H,26,31). The van der Waals surface area contributed by atoms with Crippen molar-refractivity contribution in [2.24, 2.45) is 0 Å². The second-order valence-electron chi connectivity index (χ2n) is 8.27. The minimum absolute atomic E-state index is 0.0390. The summed E-state index contributed by atoms with van der Waals surface area (Å²) >= 11 is 0. The number of para-hydroxylation sites is 2. The summed E-state index contributed by atoms with van der Waals surface area (Å²) in [6, 6.07) is 16.1. The van der Waals surface area contributed by atoms with Crippen LogP contribution < -0.4 is 15.0 Å². The third-order valence-electron chi connectivity index (χ3n) is 6.05. The molecule has 2 heterocycles. The zero-order valence-corrected chi connectivity index (χ0v) is 18.8. The predicted octanol–water partition coefficient (Wildman–Crippen LogP) is 3.24. The maximum atomic E-state index is 12.7. The minimum Gasteiger partial charge on any atom is -0.492 e. The van der Waals surface area contributed by atoms with Crippen molar-refractivity contribution in [2.75, 3.05) is 44.2 Å². The molecule has 32 heavy (non-hydrogen) atoms. The van der Waals surface area contributed by atoms with Gasteiger partial charge in [0.1, 0.15) is 5.75 Å². The number of anilines is 1. The van der Waals surface area contributed by atoms with Crippen LogP contribution in [0.2, 0.25) is 0 Å². The van der Waals surface area contributed by atoms with Crippen molar-refractivity contribution in [1.29, 1.82) is 0 Å². The molecule has 2 fully saturated rings. The Labute approximate surface area is 189 Å². The first-order valence-corrected chi connectivity index (χ1v) is 11.5. The van der Waals surface area contributed by atoms with Crippen LogP contribution in [0.1, 0.15) is 30.9 Å². The van der Waals surface area contributed by atoms with Gasteiger partial charge in [-0.3, -0.25) is 4.79 Å². The SMILES string of the molecule is CCOc1ccccc1N1CCN(C(=O)NCc2cccc(CN3CCCC3=O)c2)CC1. The van der Waals surface area contributed by atoms with Crippen LogP contribution in [-0.2, 0) is 17.9 Å². The lowest BCUT2D eigenvalue weighted by Gasteiger charge is -2.36. The van der Waals surface area contributed by atoms with Crippen LogP contribution in [0.3, 0.4) is 0 Å². The fourth-order valence-electron chi connectivity index (χ4n) is 4.37. The van der Waals surface area contributed by atoms with E-state index in [1.165, 1.54) is 0 Å². The van der Waals surface area contributed by atoms with Crippen LogP contribution in [-0.4, -0.2) is 61.1 Å². The lowest BCUT2D eigenvalue weighted by Crippen LogP contribution is -2.51. The summed E-state index contributed by atoms with van der Waals surface area (Å²) < 4.78 is 5.75. The number of likely N-dealkylation sites (tertiary alicyclic amines) is 1. The van der Waals surface area contributed by atoms with Crippen molar-refractivity contribution in [2.45, 2.75) is 32.9 Å². The molecule has 2 aromatic rings. The number of hydrogen-bond donors (Lipinski definition) is 1. The van der Waals surface area contributed by atoms with E-state index in [0.29, 0.717) is 39.2 Å². The molecule has 2 aliphatic heterocycles. The van der Waals surface area contributed by atoms with Gasteiger partial charge in [0.25, 0.3) is 0 Å². The third-order valence-corrected chi connectivity index (χ3v) is 6.05. The van der Waals surface area contributed by atoms with E-state index >= 15 is 0 Å². The Morgan fingerprint density at radius 1 is 1.00 bits per heavy atom. The van der Waals surface area contributed by atoms with Crippen LogP contribution >= 0.6 is 0 Å². The first kappa shape index (κ1) is 22.0. The lowest BCUT2D eigenvalue weighted by molar-refractivity contribution is -0.128. The van der Waals surface area contributed by atoms with Crippen molar-refractivity contribution in [1.82, 2.24) is 15.1 Å². The summed E-state index contributed by atoms with van der Waals surface area (Å²) in [7, 11) is 0. The van der Waals surface area contributed by atoms with Gasteiger partial charge in [-0.05, 0) is 36.6 Å². The number of nitrogens with zero attached hydrogens (tertiary/aromatic N) is 3. The van der Waals surface area contributed by atoms with Gasteiger partial charge in [-0.25, -0.2) is 4.79 Å². The topological polar surface area (TPSA) is 65.1 Å². The molecule has 0 saturated carbocycles. The monoisotopic (exact) mass is 436 g/mol. The van der Waals surface area contributed by atoms with E-state index in [0.717, 1.165) is 48.6 Å². The van der Waals surface area contributed by atoms with Crippen LogP contribution in [0.25, 0.3) is 0 Å². The molecule has 4 rings (SSSR count). The molecule has 0 radical (unpaired) electrons. The highest BCUT2D eigenvalue weighted by atomic mass is 16.5. The fraction of sp³-hybridized carbons (Fsp3) is 0.440. The van der Waals surface area contributed by atoms with Gasteiger partial charge in [-0.1, -0.05) is 36.4 Å². The molecule has 3 amide bonds. The molecule has 0 aromatic heterocycles. The quantitative estimate of drug-likeness (QED) is 0.724. The zero-order valence-electron chi connectivity index (χ0n) is 18.8. The normalized spacial score (nSPS) is 16.4. The van der Waals surface area contributed by atoms with E-state index in [1.807, 2.05) is 53.1 Å². The molecule has 0 bridgehead atoms. The number of piperazine rings is 1. The number of rotatable bonds is 7. The van der Waals surface area contributed by atoms with Crippen molar-refractivity contribution in [3.8, 4) is 5.75 Å². The highest BCUT2D eigenvalue weighted by Gasteiger charge is 2.23. The van der Waals surface area contributed by atoms with Crippen molar-refractivity contribution < 1.29 is 14.3 Å². The lowest BCUT2D eigenvalue weighted by atomic mass is 10.1. The van der Waals surface area contributed by atoms with Crippen LogP contribution in [0.5, 0.6) is 5.75 Å². The van der Waals surface area contributed by atoms with Gasteiger partial charge in [0.15, 0.2) is 0 Å². The first-order chi connectivity index (χ1) is 15.6. The van der Waals surface area contributed by atoms with E-state index in [9.17, 15) is 9.59 Å².